The van der Waals surface area contributed by atoms with Crippen molar-refractivity contribution < 1.29 is 8.42 Å². The third-order valence-corrected chi connectivity index (χ3v) is 4.18. The number of imidazole rings is 1. The number of halogens is 1. The van der Waals surface area contributed by atoms with Gasteiger partial charge in [-0.05, 0) is 18.6 Å². The predicted molar refractivity (Wildman–Crippen MR) is 72.4 cm³/mol. The molecule has 2 aromatic heterocycles. The first-order chi connectivity index (χ1) is 8.81. The molecule has 9 heteroatoms. The molecule has 0 spiro atoms. The highest BCUT2D eigenvalue weighted by Gasteiger charge is 2.23. The summed E-state index contributed by atoms with van der Waals surface area (Å²) in [5.41, 5.74) is 6.52. The summed E-state index contributed by atoms with van der Waals surface area (Å²) in [6.07, 6.45) is 2.86. The number of nitrogens with zero attached hydrogens (tertiary/aromatic N) is 3. The summed E-state index contributed by atoms with van der Waals surface area (Å²) in [6, 6.07) is 1.58. The van der Waals surface area contributed by atoms with Crippen molar-refractivity contribution in [2.24, 2.45) is 7.05 Å². The van der Waals surface area contributed by atoms with Gasteiger partial charge in [0.2, 0.25) is 0 Å². The molecule has 0 aliphatic heterocycles. The molecule has 0 amide bonds. The number of aromatic nitrogens is 3. The molecular weight excluding hydrogens is 290 g/mol. The van der Waals surface area contributed by atoms with Gasteiger partial charge in [-0.15, -0.1) is 0 Å². The number of aryl methyl sites for hydroxylation is 2. The minimum absolute atomic E-state index is 0.0647. The molecule has 102 valence electrons. The predicted octanol–water partition coefficient (Wildman–Crippen LogP) is 1.16. The van der Waals surface area contributed by atoms with Crippen LogP contribution in [0.3, 0.4) is 0 Å². The average molecular weight is 302 g/mol. The molecule has 2 heterocycles. The molecule has 0 aliphatic rings. The molecule has 0 aliphatic carbocycles. The van der Waals surface area contributed by atoms with Crippen LogP contribution in [-0.4, -0.2) is 23.0 Å². The minimum atomic E-state index is -3.87. The molecule has 0 saturated heterocycles. The van der Waals surface area contributed by atoms with Gasteiger partial charge in [-0.25, -0.2) is 9.97 Å². The lowest BCUT2D eigenvalue weighted by Crippen LogP contribution is -2.18. The Balaban J connectivity index is 2.45. The van der Waals surface area contributed by atoms with Gasteiger partial charge < -0.3 is 10.3 Å². The Bertz CT molecular complexity index is 706. The fraction of sp³-hybridized carbons (Fsp3) is 0.200. The van der Waals surface area contributed by atoms with Crippen LogP contribution in [0.1, 0.15) is 5.56 Å². The van der Waals surface area contributed by atoms with Gasteiger partial charge in [-0.1, -0.05) is 11.6 Å². The zero-order valence-corrected chi connectivity index (χ0v) is 11.8. The largest absolute Gasteiger partial charge is 0.381 e. The standard InChI is InChI=1S/C10H12ClN5O2S/c1-6-3-7(8(11)13-4-6)15-19(17,18)10-9(12)14-5-16(10)2/h3-5,15H,12H2,1-2H3. The van der Waals surface area contributed by atoms with E-state index in [0.29, 0.717) is 0 Å². The maximum Gasteiger partial charge on any atom is 0.281 e. The second-order valence-corrected chi connectivity index (χ2v) is 5.96. The quantitative estimate of drug-likeness (QED) is 0.828. The zero-order valence-electron chi connectivity index (χ0n) is 10.3. The smallest absolute Gasteiger partial charge is 0.281 e. The lowest BCUT2D eigenvalue weighted by atomic mass is 10.3. The summed E-state index contributed by atoms with van der Waals surface area (Å²) in [7, 11) is -2.33. The van der Waals surface area contributed by atoms with E-state index in [1.807, 2.05) is 0 Å². The van der Waals surface area contributed by atoms with Crippen LogP contribution in [0.4, 0.5) is 11.5 Å². The van der Waals surface area contributed by atoms with Crippen LogP contribution >= 0.6 is 11.6 Å². The van der Waals surface area contributed by atoms with Crippen LogP contribution in [0.2, 0.25) is 5.15 Å². The molecule has 0 fully saturated rings. The van der Waals surface area contributed by atoms with Crippen molar-refractivity contribution >= 4 is 33.1 Å². The molecular formula is C10H12ClN5O2S. The summed E-state index contributed by atoms with van der Waals surface area (Å²) >= 11 is 5.85. The Morgan fingerprint density at radius 1 is 1.42 bits per heavy atom. The fourth-order valence-corrected chi connectivity index (χ4v) is 3.08. The van der Waals surface area contributed by atoms with Gasteiger partial charge in [0.15, 0.2) is 16.0 Å². The number of nitrogens with two attached hydrogens (primary N) is 1. The normalized spacial score (nSPS) is 11.5. The van der Waals surface area contributed by atoms with Crippen LogP contribution < -0.4 is 10.5 Å². The first kappa shape index (κ1) is 13.6. The summed E-state index contributed by atoms with van der Waals surface area (Å²) < 4.78 is 28.1. The van der Waals surface area contributed by atoms with E-state index in [0.717, 1.165) is 5.56 Å². The highest BCUT2D eigenvalue weighted by molar-refractivity contribution is 7.92. The SMILES string of the molecule is Cc1cnc(Cl)c(NS(=O)(=O)c2c(N)ncn2C)c1. The van der Waals surface area contributed by atoms with Crippen LogP contribution in [0.5, 0.6) is 0 Å². The van der Waals surface area contributed by atoms with Gasteiger partial charge >= 0.3 is 0 Å². The number of pyridine rings is 1. The molecule has 0 atom stereocenters. The third-order valence-electron chi connectivity index (χ3n) is 2.38. The summed E-state index contributed by atoms with van der Waals surface area (Å²) in [6.45, 7) is 1.78. The number of anilines is 2. The van der Waals surface area contributed by atoms with Gasteiger partial charge in [-0.2, -0.15) is 8.42 Å². The number of sulfonamides is 1. The maximum absolute atomic E-state index is 12.2. The van der Waals surface area contributed by atoms with Crippen molar-refractivity contribution in [1.29, 1.82) is 0 Å². The Hall–Kier alpha value is -1.80. The summed E-state index contributed by atoms with van der Waals surface area (Å²) in [4.78, 5) is 7.61. The number of hydrogen-bond acceptors (Lipinski definition) is 5. The highest BCUT2D eigenvalue weighted by Crippen LogP contribution is 2.25. The molecule has 7 nitrogen and oxygen atoms in total. The minimum Gasteiger partial charge on any atom is -0.381 e. The highest BCUT2D eigenvalue weighted by atomic mass is 35.5. The van der Waals surface area contributed by atoms with E-state index in [1.165, 1.54) is 17.9 Å². The Kier molecular flexibility index (Phi) is 3.38. The monoisotopic (exact) mass is 301 g/mol. The van der Waals surface area contributed by atoms with Crippen molar-refractivity contribution in [3.63, 3.8) is 0 Å². The first-order valence-corrected chi connectivity index (χ1v) is 7.09. The fourth-order valence-electron chi connectivity index (χ4n) is 1.58. The number of rotatable bonds is 3. The van der Waals surface area contributed by atoms with E-state index in [9.17, 15) is 8.42 Å². The Labute approximate surface area is 115 Å². The van der Waals surface area contributed by atoms with E-state index in [-0.39, 0.29) is 21.7 Å². The molecule has 0 aromatic carbocycles. The Morgan fingerprint density at radius 3 is 2.68 bits per heavy atom. The van der Waals surface area contributed by atoms with Crippen LogP contribution in [0.15, 0.2) is 23.6 Å². The van der Waals surface area contributed by atoms with Gasteiger partial charge in [0.25, 0.3) is 10.0 Å². The lowest BCUT2D eigenvalue weighted by Gasteiger charge is -2.10. The van der Waals surface area contributed by atoms with Gasteiger partial charge in [-0.3, -0.25) is 4.72 Å². The van der Waals surface area contributed by atoms with Crippen molar-refractivity contribution in [3.8, 4) is 0 Å². The summed E-state index contributed by atoms with van der Waals surface area (Å²) in [5.74, 6) is -0.0771. The van der Waals surface area contributed by atoms with Crippen molar-refractivity contribution in [3.05, 3.63) is 29.3 Å². The number of nitrogen functional groups attached to an aromatic ring is 1. The van der Waals surface area contributed by atoms with E-state index >= 15 is 0 Å². The van der Waals surface area contributed by atoms with Gasteiger partial charge in [0.1, 0.15) is 0 Å². The number of nitrogens with one attached hydrogen (secondary N) is 1. The zero-order chi connectivity index (χ0) is 14.2. The van der Waals surface area contributed by atoms with E-state index in [1.54, 1.807) is 19.2 Å². The van der Waals surface area contributed by atoms with E-state index < -0.39 is 10.0 Å². The van der Waals surface area contributed by atoms with Crippen molar-refractivity contribution in [2.75, 3.05) is 10.5 Å². The van der Waals surface area contributed by atoms with Gasteiger partial charge in [0.05, 0.1) is 12.0 Å². The van der Waals surface area contributed by atoms with E-state index in [2.05, 4.69) is 14.7 Å². The first-order valence-electron chi connectivity index (χ1n) is 5.23. The summed E-state index contributed by atoms with van der Waals surface area (Å²) in [5, 5.41) is -0.0556. The second-order valence-electron chi connectivity index (χ2n) is 4.00. The molecule has 2 rings (SSSR count). The van der Waals surface area contributed by atoms with Gasteiger partial charge in [0, 0.05) is 13.2 Å². The molecule has 19 heavy (non-hydrogen) atoms. The van der Waals surface area contributed by atoms with Crippen LogP contribution in [-0.2, 0) is 17.1 Å². The lowest BCUT2D eigenvalue weighted by molar-refractivity contribution is 0.592. The van der Waals surface area contributed by atoms with Crippen molar-refractivity contribution in [2.45, 2.75) is 11.9 Å². The molecule has 0 saturated carbocycles. The third kappa shape index (κ3) is 2.64. The van der Waals surface area contributed by atoms with Crippen molar-refractivity contribution in [1.82, 2.24) is 14.5 Å². The topological polar surface area (TPSA) is 103 Å². The molecule has 0 unspecified atom stereocenters. The number of hydrogen-bond donors (Lipinski definition) is 2. The average Bonchev–Trinajstić information content (AvgIpc) is 2.64. The van der Waals surface area contributed by atoms with Crippen LogP contribution in [0.25, 0.3) is 0 Å². The second kappa shape index (κ2) is 4.71. The van der Waals surface area contributed by atoms with Crippen LogP contribution in [0, 0.1) is 6.92 Å². The molecule has 0 bridgehead atoms. The van der Waals surface area contributed by atoms with E-state index in [4.69, 9.17) is 17.3 Å². The molecule has 3 N–H and O–H groups in total. The molecule has 2 aromatic rings. The molecule has 0 radical (unpaired) electrons. The maximum atomic E-state index is 12.2. The Morgan fingerprint density at radius 2 is 2.11 bits per heavy atom.